The molecule has 0 heterocycles. The summed E-state index contributed by atoms with van der Waals surface area (Å²) >= 11 is 0. The number of carbonyl (C=O) groups excluding carboxylic acids is 1. The van der Waals surface area contributed by atoms with E-state index in [1.807, 2.05) is 20.8 Å². The van der Waals surface area contributed by atoms with Gasteiger partial charge in [-0.1, -0.05) is 13.8 Å². The van der Waals surface area contributed by atoms with Crippen LogP contribution in [0.2, 0.25) is 0 Å². The molecule has 1 amide bonds. The largest absolute Gasteiger partial charge is 0.446 e. The Labute approximate surface area is 176 Å². The lowest BCUT2D eigenvalue weighted by molar-refractivity contribution is 0.0960. The molecule has 1 unspecified atom stereocenters. The van der Waals surface area contributed by atoms with Crippen molar-refractivity contribution in [1.29, 1.82) is 5.41 Å². The second-order valence-electron chi connectivity index (χ2n) is 8.76. The highest BCUT2D eigenvalue weighted by Gasteiger charge is 2.40. The summed E-state index contributed by atoms with van der Waals surface area (Å²) in [5, 5.41) is 13.7. The number of hydrogen-bond donors (Lipinski definition) is 4. The Balaban J connectivity index is 1.91. The monoisotopic (exact) mass is 425 g/mol. The molecule has 0 aromatic rings. The summed E-state index contributed by atoms with van der Waals surface area (Å²) in [5.41, 5.74) is 6.20. The van der Waals surface area contributed by atoms with Gasteiger partial charge in [0.1, 0.15) is 17.8 Å². The molecule has 0 aliphatic heterocycles. The van der Waals surface area contributed by atoms with Crippen LogP contribution in [0.4, 0.5) is 13.6 Å². The summed E-state index contributed by atoms with van der Waals surface area (Å²) < 4.78 is 31.1. The van der Waals surface area contributed by atoms with Crippen LogP contribution < -0.4 is 16.4 Å². The third-order valence-electron chi connectivity index (χ3n) is 5.21. The molecule has 0 bridgehead atoms. The molecule has 0 radical (unpaired) electrons. The van der Waals surface area contributed by atoms with Crippen molar-refractivity contribution in [2.45, 2.75) is 77.9 Å². The van der Waals surface area contributed by atoms with Gasteiger partial charge >= 0.3 is 6.09 Å². The average Bonchev–Trinajstić information content (AvgIpc) is 3.14. The number of amides is 1. The van der Waals surface area contributed by atoms with Crippen molar-refractivity contribution in [1.82, 2.24) is 10.6 Å². The first kappa shape index (κ1) is 23.8. The number of ether oxygens (including phenoxy) is 1. The number of aliphatic imine (C=N–C) groups is 1. The highest BCUT2D eigenvalue weighted by Crippen LogP contribution is 2.35. The summed E-state index contributed by atoms with van der Waals surface area (Å²) in [7, 11) is 0. The molecule has 30 heavy (non-hydrogen) atoms. The molecule has 5 N–H and O–H groups in total. The van der Waals surface area contributed by atoms with E-state index in [4.69, 9.17) is 15.9 Å². The smallest absolute Gasteiger partial charge is 0.407 e. The first-order valence-electron chi connectivity index (χ1n) is 10.3. The highest BCUT2D eigenvalue weighted by molar-refractivity contribution is 5.93. The lowest BCUT2D eigenvalue weighted by atomic mass is 10.0. The van der Waals surface area contributed by atoms with Crippen molar-refractivity contribution >= 4 is 17.6 Å². The maximum Gasteiger partial charge on any atom is 0.407 e. The van der Waals surface area contributed by atoms with Gasteiger partial charge in [-0.05, 0) is 64.0 Å². The molecule has 0 aromatic heterocycles. The second-order valence-corrected chi connectivity index (χ2v) is 8.76. The fourth-order valence-corrected chi connectivity index (χ4v) is 3.21. The van der Waals surface area contributed by atoms with Crippen molar-refractivity contribution in [3.63, 3.8) is 0 Å². The fraction of sp³-hybridized carbons (Fsp3) is 0.667. The van der Waals surface area contributed by atoms with Crippen LogP contribution in [0.15, 0.2) is 28.7 Å². The Morgan fingerprint density at radius 2 is 2.00 bits per heavy atom. The zero-order chi connectivity index (χ0) is 22.5. The molecule has 9 heteroatoms. The third kappa shape index (κ3) is 7.76. The van der Waals surface area contributed by atoms with E-state index in [0.717, 1.165) is 19.3 Å². The Kier molecular flexibility index (Phi) is 7.97. The molecule has 2 saturated carbocycles. The number of nitrogens with two attached hydrogens (primary N) is 1. The lowest BCUT2D eigenvalue weighted by Crippen LogP contribution is -2.36. The van der Waals surface area contributed by atoms with Crippen LogP contribution in [0.1, 0.15) is 59.8 Å². The number of alkyl carbamates (subject to hydrolysis) is 1. The minimum absolute atomic E-state index is 0.00899. The normalized spacial score (nSPS) is 24.2. The van der Waals surface area contributed by atoms with Crippen molar-refractivity contribution < 1.29 is 18.3 Å². The predicted octanol–water partition coefficient (Wildman–Crippen LogP) is 4.07. The minimum atomic E-state index is -2.66. The van der Waals surface area contributed by atoms with E-state index in [2.05, 4.69) is 15.6 Å². The zero-order valence-electron chi connectivity index (χ0n) is 18.1. The average molecular weight is 426 g/mol. The molecule has 2 atom stereocenters. The number of rotatable bonds is 8. The first-order valence-corrected chi connectivity index (χ1v) is 10.3. The zero-order valence-corrected chi connectivity index (χ0v) is 18.1. The number of carbonyl (C=O) groups is 1. The number of amidine groups is 1. The SMILES string of the molecule is CC(=N/C(=C\C(C)C)NC(=N)/C=C(\N)[C@H]1CCC(OC(=O)NC2(C)CC2)C1)C(F)F. The molecular formula is C21H33F2N5O2. The summed E-state index contributed by atoms with van der Waals surface area (Å²) in [4.78, 5) is 15.8. The molecule has 2 rings (SSSR count). The van der Waals surface area contributed by atoms with E-state index < -0.39 is 12.5 Å². The van der Waals surface area contributed by atoms with Gasteiger partial charge in [-0.15, -0.1) is 0 Å². The quantitative estimate of drug-likeness (QED) is 0.347. The van der Waals surface area contributed by atoms with E-state index in [0.29, 0.717) is 18.5 Å². The summed E-state index contributed by atoms with van der Waals surface area (Å²) in [6.45, 7) is 7.01. The minimum Gasteiger partial charge on any atom is -0.446 e. The standard InChI is InChI=1S/C21H33F2N5O2/c1-12(2)9-18(26-13(3)19(22)23)27-17(25)11-16(24)14-5-6-15(10-14)30-20(29)28-21(4)7-8-21/h9,11-12,14-15,19H,5-8,10,24H2,1-4H3,(H2,25,27)(H,28,29)/b16-11-,18-9+,26-13?/t14-,15?/m0/s1. The van der Waals surface area contributed by atoms with E-state index >= 15 is 0 Å². The van der Waals surface area contributed by atoms with Gasteiger partial charge in [0.15, 0.2) is 0 Å². The Morgan fingerprint density at radius 1 is 1.33 bits per heavy atom. The van der Waals surface area contributed by atoms with Gasteiger partial charge in [-0.2, -0.15) is 0 Å². The van der Waals surface area contributed by atoms with E-state index in [9.17, 15) is 13.6 Å². The van der Waals surface area contributed by atoms with Crippen LogP contribution in [-0.2, 0) is 4.74 Å². The lowest BCUT2D eigenvalue weighted by Gasteiger charge is -2.16. The number of alkyl halides is 2. The molecule has 168 valence electrons. The number of nitrogens with zero attached hydrogens (tertiary/aromatic N) is 1. The third-order valence-corrected chi connectivity index (χ3v) is 5.21. The van der Waals surface area contributed by atoms with Gasteiger partial charge in [-0.3, -0.25) is 5.41 Å². The molecular weight excluding hydrogens is 392 g/mol. The number of hydrogen-bond acceptors (Lipinski definition) is 5. The number of allylic oxidation sites excluding steroid dienone is 2. The molecule has 7 nitrogen and oxygen atoms in total. The van der Waals surface area contributed by atoms with Crippen LogP contribution in [0.3, 0.4) is 0 Å². The Morgan fingerprint density at radius 3 is 2.57 bits per heavy atom. The van der Waals surface area contributed by atoms with Crippen LogP contribution in [0.25, 0.3) is 0 Å². The second kappa shape index (κ2) is 10.0. The van der Waals surface area contributed by atoms with Gasteiger partial charge in [0.05, 0.1) is 5.71 Å². The van der Waals surface area contributed by atoms with Crippen LogP contribution in [-0.4, -0.2) is 35.7 Å². The summed E-state index contributed by atoms with van der Waals surface area (Å²) in [5.74, 6) is 0.210. The van der Waals surface area contributed by atoms with Crippen molar-refractivity contribution in [3.8, 4) is 0 Å². The Hall–Kier alpha value is -2.45. The summed E-state index contributed by atoms with van der Waals surface area (Å²) in [6, 6.07) is 0. The number of halogens is 2. The van der Waals surface area contributed by atoms with Gasteiger partial charge in [-0.25, -0.2) is 18.6 Å². The molecule has 2 aliphatic rings. The predicted molar refractivity (Wildman–Crippen MR) is 114 cm³/mol. The highest BCUT2D eigenvalue weighted by atomic mass is 19.3. The summed E-state index contributed by atoms with van der Waals surface area (Å²) in [6.07, 6.45) is 3.87. The fourth-order valence-electron chi connectivity index (χ4n) is 3.21. The van der Waals surface area contributed by atoms with Crippen molar-refractivity contribution in [2.24, 2.45) is 22.6 Å². The molecule has 0 aromatic carbocycles. The molecule has 2 aliphatic carbocycles. The van der Waals surface area contributed by atoms with Crippen LogP contribution in [0, 0.1) is 17.2 Å². The van der Waals surface area contributed by atoms with Crippen molar-refractivity contribution in [3.05, 3.63) is 23.7 Å². The Bertz CT molecular complexity index is 742. The topological polar surface area (TPSA) is 113 Å². The molecule has 0 spiro atoms. The maximum atomic E-state index is 12.8. The number of nitrogens with one attached hydrogen (secondary N) is 3. The first-order chi connectivity index (χ1) is 14.0. The molecule has 0 saturated heterocycles. The van der Waals surface area contributed by atoms with Crippen LogP contribution in [0.5, 0.6) is 0 Å². The van der Waals surface area contributed by atoms with Gasteiger partial charge < -0.3 is 21.1 Å². The van der Waals surface area contributed by atoms with E-state index in [-0.39, 0.29) is 40.8 Å². The van der Waals surface area contributed by atoms with Gasteiger partial charge in [0.2, 0.25) is 0 Å². The molecule has 2 fully saturated rings. The van der Waals surface area contributed by atoms with Crippen LogP contribution >= 0.6 is 0 Å². The van der Waals surface area contributed by atoms with Gasteiger partial charge in [0.25, 0.3) is 6.43 Å². The maximum absolute atomic E-state index is 12.8. The van der Waals surface area contributed by atoms with E-state index in [1.54, 1.807) is 6.08 Å². The van der Waals surface area contributed by atoms with E-state index in [1.165, 1.54) is 13.0 Å². The van der Waals surface area contributed by atoms with Crippen molar-refractivity contribution in [2.75, 3.05) is 0 Å². The van der Waals surface area contributed by atoms with Gasteiger partial charge in [0, 0.05) is 17.2 Å².